The Morgan fingerprint density at radius 2 is 1.69 bits per heavy atom. The maximum atomic E-state index is 16.0. The van der Waals surface area contributed by atoms with E-state index in [0.717, 1.165) is 22.3 Å². The first-order valence-corrected chi connectivity index (χ1v) is 10.8. The molecule has 1 aliphatic heterocycles. The lowest BCUT2D eigenvalue weighted by molar-refractivity contribution is 0.00578. The highest BCUT2D eigenvalue weighted by molar-refractivity contribution is 6.55. The second kappa shape index (κ2) is 8.79. The lowest BCUT2D eigenvalue weighted by Gasteiger charge is -2.32. The molecule has 0 radical (unpaired) electrons. The van der Waals surface area contributed by atoms with Crippen molar-refractivity contribution < 1.29 is 23.2 Å². The predicted molar refractivity (Wildman–Crippen MR) is 121 cm³/mol. The molecule has 32 heavy (non-hydrogen) atoms. The molecule has 2 aromatic rings. The molecule has 1 saturated heterocycles. The van der Waals surface area contributed by atoms with Gasteiger partial charge in [0.05, 0.1) is 30.6 Å². The average molecular weight is 443 g/mol. The predicted octanol–water partition coefficient (Wildman–Crippen LogP) is 4.39. The number of esters is 1. The molecule has 0 aliphatic carbocycles. The number of aromatic nitrogens is 3. The van der Waals surface area contributed by atoms with Crippen molar-refractivity contribution in [3.8, 4) is 0 Å². The first-order chi connectivity index (χ1) is 14.9. The molecule has 3 rings (SSSR count). The zero-order valence-electron chi connectivity index (χ0n) is 20.1. The molecule has 0 bridgehead atoms. The SMILES string of the molecule is CCOC(=O)c1cn(CC(=C(F)B2OC(C)(C)C(C)(C)O2)c2cc(C)c(C)cc2C)nn1. The molecule has 0 spiro atoms. The quantitative estimate of drug-likeness (QED) is 0.487. The Kier molecular flexibility index (Phi) is 6.63. The molecule has 9 heteroatoms. The van der Waals surface area contributed by atoms with Crippen molar-refractivity contribution in [3.63, 3.8) is 0 Å². The van der Waals surface area contributed by atoms with Crippen molar-refractivity contribution in [2.75, 3.05) is 6.61 Å². The van der Waals surface area contributed by atoms with E-state index in [1.165, 1.54) is 10.9 Å². The minimum Gasteiger partial charge on any atom is -0.461 e. The topological polar surface area (TPSA) is 75.5 Å². The molecular weight excluding hydrogens is 412 g/mol. The summed E-state index contributed by atoms with van der Waals surface area (Å²) in [4.78, 5) is 12.0. The molecule has 7 nitrogen and oxygen atoms in total. The highest BCUT2D eigenvalue weighted by Gasteiger charge is 2.53. The Labute approximate surface area is 189 Å². The molecule has 1 aliphatic rings. The smallest absolute Gasteiger partial charge is 0.461 e. The molecule has 0 N–H and O–H groups in total. The Morgan fingerprint density at radius 1 is 1.09 bits per heavy atom. The van der Waals surface area contributed by atoms with E-state index in [2.05, 4.69) is 10.3 Å². The lowest BCUT2D eigenvalue weighted by atomic mass is 9.81. The zero-order chi connectivity index (χ0) is 23.8. The summed E-state index contributed by atoms with van der Waals surface area (Å²) in [7, 11) is -1.15. The molecule has 0 atom stereocenters. The molecule has 172 valence electrons. The van der Waals surface area contributed by atoms with Crippen LogP contribution in [0.15, 0.2) is 24.1 Å². The van der Waals surface area contributed by atoms with E-state index in [-0.39, 0.29) is 18.8 Å². The van der Waals surface area contributed by atoms with Crippen LogP contribution in [0.4, 0.5) is 4.39 Å². The number of carbonyl (C=O) groups is 1. The summed E-state index contributed by atoms with van der Waals surface area (Å²) in [6.07, 6.45) is 1.45. The van der Waals surface area contributed by atoms with Crippen LogP contribution >= 0.6 is 0 Å². The minimum absolute atomic E-state index is 0.0473. The Morgan fingerprint density at radius 3 is 2.28 bits per heavy atom. The largest absolute Gasteiger partial charge is 0.525 e. The van der Waals surface area contributed by atoms with Gasteiger partial charge in [-0.15, -0.1) is 5.10 Å². The third-order valence-corrected chi connectivity index (χ3v) is 6.26. The number of aryl methyl sites for hydroxylation is 3. The second-order valence-electron chi connectivity index (χ2n) is 9.19. The fourth-order valence-electron chi connectivity index (χ4n) is 3.50. The van der Waals surface area contributed by atoms with E-state index >= 15 is 4.39 Å². The number of rotatable bonds is 6. The first-order valence-electron chi connectivity index (χ1n) is 10.8. The monoisotopic (exact) mass is 443 g/mol. The highest BCUT2D eigenvalue weighted by atomic mass is 19.1. The van der Waals surface area contributed by atoms with Crippen LogP contribution in [-0.2, 0) is 20.6 Å². The molecule has 1 aromatic carbocycles. The van der Waals surface area contributed by atoms with E-state index in [9.17, 15) is 4.79 Å². The number of ether oxygens (including phenoxy) is 1. The molecular formula is C23H31BFN3O4. The highest BCUT2D eigenvalue weighted by Crippen LogP contribution is 2.41. The van der Waals surface area contributed by atoms with Gasteiger partial charge in [-0.25, -0.2) is 13.9 Å². The van der Waals surface area contributed by atoms with Gasteiger partial charge in [0.25, 0.3) is 0 Å². The first kappa shape index (κ1) is 24.1. The van der Waals surface area contributed by atoms with E-state index in [1.807, 2.05) is 60.6 Å². The van der Waals surface area contributed by atoms with Crippen LogP contribution in [0.5, 0.6) is 0 Å². The molecule has 0 unspecified atom stereocenters. The molecule has 1 fully saturated rings. The second-order valence-corrected chi connectivity index (χ2v) is 9.19. The maximum absolute atomic E-state index is 16.0. The molecule has 2 heterocycles. The summed E-state index contributed by atoms with van der Waals surface area (Å²) in [5.74, 6) is -0.571. The van der Waals surface area contributed by atoms with Crippen LogP contribution in [0.3, 0.4) is 0 Å². The normalized spacial score (nSPS) is 18.0. The number of halogens is 1. The van der Waals surface area contributed by atoms with Crippen LogP contribution in [0.25, 0.3) is 5.57 Å². The summed E-state index contributed by atoms with van der Waals surface area (Å²) in [5.41, 5.74) is 2.36. The molecule has 1 aromatic heterocycles. The van der Waals surface area contributed by atoms with Gasteiger partial charge in [-0.2, -0.15) is 0 Å². The summed E-state index contributed by atoms with van der Waals surface area (Å²) in [6.45, 7) is 15.4. The van der Waals surface area contributed by atoms with E-state index in [4.69, 9.17) is 14.0 Å². The van der Waals surface area contributed by atoms with Gasteiger partial charge in [0, 0.05) is 5.57 Å². The number of hydrogen-bond donors (Lipinski definition) is 0. The third-order valence-electron chi connectivity index (χ3n) is 6.26. The number of allylic oxidation sites excluding steroid dienone is 1. The Hall–Kier alpha value is -2.52. The zero-order valence-corrected chi connectivity index (χ0v) is 20.1. The van der Waals surface area contributed by atoms with E-state index < -0.39 is 30.0 Å². The van der Waals surface area contributed by atoms with Gasteiger partial charge in [0.1, 0.15) is 5.73 Å². The maximum Gasteiger partial charge on any atom is 0.525 e. The summed E-state index contributed by atoms with van der Waals surface area (Å²) in [5, 5.41) is 7.87. The summed E-state index contributed by atoms with van der Waals surface area (Å²) >= 11 is 0. The van der Waals surface area contributed by atoms with Crippen molar-refractivity contribution in [2.24, 2.45) is 0 Å². The van der Waals surface area contributed by atoms with Crippen LogP contribution in [0.2, 0.25) is 0 Å². The van der Waals surface area contributed by atoms with Gasteiger partial charge in [-0.05, 0) is 77.6 Å². The van der Waals surface area contributed by atoms with E-state index in [0.29, 0.717) is 5.57 Å². The minimum atomic E-state index is -1.15. The van der Waals surface area contributed by atoms with Gasteiger partial charge in [0.2, 0.25) is 0 Å². The molecule has 0 amide bonds. The summed E-state index contributed by atoms with van der Waals surface area (Å²) < 4.78 is 34.3. The number of nitrogens with zero attached hydrogens (tertiary/aromatic N) is 3. The number of hydrogen-bond acceptors (Lipinski definition) is 6. The Bertz CT molecular complexity index is 1050. The Balaban J connectivity index is 2.06. The van der Waals surface area contributed by atoms with Crippen molar-refractivity contribution in [2.45, 2.75) is 73.1 Å². The molecule has 0 saturated carbocycles. The van der Waals surface area contributed by atoms with Crippen LogP contribution in [0, 0.1) is 20.8 Å². The fraction of sp³-hybridized carbons (Fsp3) is 0.522. The fourth-order valence-corrected chi connectivity index (χ4v) is 3.50. The van der Waals surface area contributed by atoms with Crippen LogP contribution < -0.4 is 0 Å². The van der Waals surface area contributed by atoms with Gasteiger partial charge in [-0.3, -0.25) is 0 Å². The third kappa shape index (κ3) is 4.64. The van der Waals surface area contributed by atoms with Gasteiger partial charge in [-0.1, -0.05) is 17.3 Å². The summed E-state index contributed by atoms with van der Waals surface area (Å²) in [6, 6.07) is 3.97. The van der Waals surface area contributed by atoms with Crippen molar-refractivity contribution in [3.05, 3.63) is 52.0 Å². The average Bonchev–Trinajstić information content (AvgIpc) is 3.24. The standard InChI is InChI=1S/C23H31BFN3O4/c1-9-30-21(29)19-13-28(27-26-19)12-18(17-11-15(3)14(2)10-16(17)4)20(25)24-31-22(5,6)23(7,8)32-24/h10-11,13H,9,12H2,1-8H3. The van der Waals surface area contributed by atoms with Crippen LogP contribution in [0.1, 0.15) is 67.4 Å². The number of carbonyl (C=O) groups excluding carboxylic acids is 1. The lowest BCUT2D eigenvalue weighted by Crippen LogP contribution is -2.41. The van der Waals surface area contributed by atoms with Crippen molar-refractivity contribution >= 4 is 18.7 Å². The van der Waals surface area contributed by atoms with Crippen molar-refractivity contribution in [1.82, 2.24) is 15.0 Å². The van der Waals surface area contributed by atoms with Gasteiger partial charge in [0.15, 0.2) is 5.69 Å². The van der Waals surface area contributed by atoms with E-state index in [1.54, 1.807) is 6.92 Å². The van der Waals surface area contributed by atoms with Gasteiger partial charge >= 0.3 is 13.1 Å². The van der Waals surface area contributed by atoms with Gasteiger partial charge < -0.3 is 14.0 Å². The van der Waals surface area contributed by atoms with Crippen LogP contribution in [-0.4, -0.2) is 45.9 Å². The number of benzene rings is 1. The van der Waals surface area contributed by atoms with Crippen molar-refractivity contribution in [1.29, 1.82) is 0 Å².